The number of phenols is 1. The number of aryl methyl sites for hydroxylation is 1. The summed E-state index contributed by atoms with van der Waals surface area (Å²) in [7, 11) is 0. The number of fused-ring (bicyclic) bond motifs is 1. The zero-order valence-electron chi connectivity index (χ0n) is 14.7. The van der Waals surface area contributed by atoms with E-state index in [2.05, 4.69) is 9.97 Å². The Morgan fingerprint density at radius 2 is 2.00 bits per heavy atom. The lowest BCUT2D eigenvalue weighted by Gasteiger charge is -2.11. The van der Waals surface area contributed by atoms with E-state index in [1.165, 1.54) is 22.9 Å². The van der Waals surface area contributed by atoms with Crippen LogP contribution >= 0.6 is 0 Å². The molecule has 7 heteroatoms. The average Bonchev–Trinajstić information content (AvgIpc) is 2.59. The van der Waals surface area contributed by atoms with Crippen molar-refractivity contribution in [3.8, 4) is 5.75 Å². The minimum absolute atomic E-state index is 0.137. The molecule has 26 heavy (non-hydrogen) atoms. The maximum absolute atomic E-state index is 12.7. The summed E-state index contributed by atoms with van der Waals surface area (Å²) in [4.78, 5) is 43.5. The highest BCUT2D eigenvalue weighted by molar-refractivity contribution is 6.11. The maximum Gasteiger partial charge on any atom is 0.330 e. The van der Waals surface area contributed by atoms with E-state index >= 15 is 0 Å². The fraction of sp³-hybridized carbons (Fsp3) is 0.263. The van der Waals surface area contributed by atoms with E-state index in [1.807, 2.05) is 20.8 Å². The van der Waals surface area contributed by atoms with Gasteiger partial charge in [-0.05, 0) is 31.0 Å². The number of H-pyrrole nitrogens is 1. The minimum atomic E-state index is -0.597. The zero-order valence-corrected chi connectivity index (χ0v) is 14.7. The Kier molecular flexibility index (Phi) is 4.46. The Bertz CT molecular complexity index is 1130. The quantitative estimate of drug-likeness (QED) is 0.698. The molecule has 0 bridgehead atoms. The monoisotopic (exact) mass is 353 g/mol. The van der Waals surface area contributed by atoms with Crippen molar-refractivity contribution in [1.29, 1.82) is 0 Å². The minimum Gasteiger partial charge on any atom is -0.507 e. The van der Waals surface area contributed by atoms with E-state index < -0.39 is 17.0 Å². The Labute approximate surface area is 149 Å². The number of carbonyl (C=O) groups is 1. The van der Waals surface area contributed by atoms with Gasteiger partial charge in [-0.25, -0.2) is 9.78 Å². The number of nitrogens with one attached hydrogen (secondary N) is 1. The molecule has 134 valence electrons. The van der Waals surface area contributed by atoms with E-state index in [0.29, 0.717) is 6.54 Å². The Morgan fingerprint density at radius 1 is 1.27 bits per heavy atom. The number of phenolic OH excluding ortho intramolecular Hbond substituents is 1. The molecule has 0 atom stereocenters. The molecule has 0 unspecified atom stereocenters. The molecule has 3 rings (SSSR count). The van der Waals surface area contributed by atoms with Gasteiger partial charge in [0.05, 0.1) is 10.9 Å². The molecule has 0 saturated heterocycles. The van der Waals surface area contributed by atoms with Crippen molar-refractivity contribution in [2.24, 2.45) is 5.92 Å². The predicted octanol–water partition coefficient (Wildman–Crippen LogP) is 1.99. The van der Waals surface area contributed by atoms with Crippen LogP contribution in [0.25, 0.3) is 11.0 Å². The summed E-state index contributed by atoms with van der Waals surface area (Å²) in [5.74, 6) is -0.407. The molecule has 7 nitrogen and oxygen atoms in total. The average molecular weight is 353 g/mol. The predicted molar refractivity (Wildman–Crippen MR) is 97.7 cm³/mol. The fourth-order valence-corrected chi connectivity index (χ4v) is 2.81. The van der Waals surface area contributed by atoms with Gasteiger partial charge in [-0.2, -0.15) is 0 Å². The molecular formula is C19H19N3O4. The summed E-state index contributed by atoms with van der Waals surface area (Å²) in [6.45, 7) is 6.10. The van der Waals surface area contributed by atoms with Crippen molar-refractivity contribution in [3.63, 3.8) is 0 Å². The van der Waals surface area contributed by atoms with Gasteiger partial charge in [0.2, 0.25) is 0 Å². The summed E-state index contributed by atoms with van der Waals surface area (Å²) in [5, 5.41) is 10.1. The van der Waals surface area contributed by atoms with Gasteiger partial charge >= 0.3 is 5.69 Å². The molecule has 0 aliphatic carbocycles. The van der Waals surface area contributed by atoms with E-state index in [4.69, 9.17) is 0 Å². The highest BCUT2D eigenvalue weighted by Crippen LogP contribution is 2.22. The molecule has 3 aromatic rings. The van der Waals surface area contributed by atoms with Gasteiger partial charge in [0.15, 0.2) is 5.78 Å². The van der Waals surface area contributed by atoms with Crippen molar-refractivity contribution in [2.45, 2.75) is 27.3 Å². The third kappa shape index (κ3) is 3.15. The third-order valence-electron chi connectivity index (χ3n) is 4.04. The molecule has 0 spiro atoms. The normalized spacial score (nSPS) is 11.2. The number of benzene rings is 1. The van der Waals surface area contributed by atoms with E-state index in [-0.39, 0.29) is 33.8 Å². The van der Waals surface area contributed by atoms with Crippen molar-refractivity contribution in [1.82, 2.24) is 14.5 Å². The molecule has 0 saturated carbocycles. The van der Waals surface area contributed by atoms with Crippen molar-refractivity contribution < 1.29 is 9.90 Å². The standard InChI is InChI=1S/C19H19N3O4/c1-10(2)9-22-17-14(18(25)21-19(22)26)7-12(8-20-17)16(24)13-6-11(3)4-5-15(13)23/h4-8,10,23H,9H2,1-3H3,(H,21,25,26). The van der Waals surface area contributed by atoms with Crippen LogP contribution in [0.4, 0.5) is 0 Å². The van der Waals surface area contributed by atoms with Gasteiger partial charge in [0.25, 0.3) is 5.56 Å². The molecule has 0 radical (unpaired) electrons. The Balaban J connectivity index is 2.18. The van der Waals surface area contributed by atoms with Crippen LogP contribution in [-0.4, -0.2) is 25.4 Å². The second-order valence-electron chi connectivity index (χ2n) is 6.71. The van der Waals surface area contributed by atoms with Crippen molar-refractivity contribution in [3.05, 3.63) is 68.0 Å². The Morgan fingerprint density at radius 3 is 2.69 bits per heavy atom. The first-order valence-corrected chi connectivity index (χ1v) is 8.25. The van der Waals surface area contributed by atoms with Gasteiger partial charge in [-0.15, -0.1) is 0 Å². The van der Waals surface area contributed by atoms with Crippen LogP contribution < -0.4 is 11.2 Å². The number of ketones is 1. The Hall–Kier alpha value is -3.22. The van der Waals surface area contributed by atoms with Crippen LogP contribution in [0.5, 0.6) is 5.75 Å². The molecule has 0 aliphatic heterocycles. The molecule has 2 N–H and O–H groups in total. The molecular weight excluding hydrogens is 334 g/mol. The van der Waals surface area contributed by atoms with Crippen LogP contribution in [0.3, 0.4) is 0 Å². The summed E-state index contributed by atoms with van der Waals surface area (Å²) in [5.41, 5.74) is 0.234. The van der Waals surface area contributed by atoms with E-state index in [9.17, 15) is 19.5 Å². The smallest absolute Gasteiger partial charge is 0.330 e. The van der Waals surface area contributed by atoms with Crippen LogP contribution in [0.15, 0.2) is 40.1 Å². The van der Waals surface area contributed by atoms with E-state index in [0.717, 1.165) is 5.56 Å². The van der Waals surface area contributed by atoms with Gasteiger partial charge in [-0.3, -0.25) is 19.1 Å². The number of aromatic nitrogens is 3. The van der Waals surface area contributed by atoms with Crippen LogP contribution in [0.2, 0.25) is 0 Å². The molecule has 1 aromatic carbocycles. The van der Waals surface area contributed by atoms with Crippen LogP contribution in [0.1, 0.15) is 35.3 Å². The van der Waals surface area contributed by atoms with Gasteiger partial charge < -0.3 is 5.11 Å². The number of carbonyl (C=O) groups excluding carboxylic acids is 1. The van der Waals surface area contributed by atoms with Gasteiger partial charge in [0, 0.05) is 18.3 Å². The van der Waals surface area contributed by atoms with Crippen LogP contribution in [0, 0.1) is 12.8 Å². The summed E-state index contributed by atoms with van der Waals surface area (Å²) < 4.78 is 1.39. The largest absolute Gasteiger partial charge is 0.507 e. The first kappa shape index (κ1) is 17.6. The fourth-order valence-electron chi connectivity index (χ4n) is 2.81. The van der Waals surface area contributed by atoms with Crippen molar-refractivity contribution >= 4 is 16.8 Å². The van der Waals surface area contributed by atoms with Gasteiger partial charge in [0.1, 0.15) is 11.4 Å². The first-order valence-electron chi connectivity index (χ1n) is 8.25. The molecule has 2 heterocycles. The molecule has 0 aliphatic rings. The third-order valence-corrected chi connectivity index (χ3v) is 4.04. The molecule has 0 amide bonds. The summed E-state index contributed by atoms with van der Waals surface area (Å²) in [6, 6.07) is 6.12. The number of rotatable bonds is 4. The lowest BCUT2D eigenvalue weighted by molar-refractivity contribution is 0.103. The number of pyridine rings is 1. The number of aromatic amines is 1. The number of hydrogen-bond donors (Lipinski definition) is 2. The SMILES string of the molecule is Cc1ccc(O)c(C(=O)c2cnc3c(c2)c(=O)[nH]c(=O)n3CC(C)C)c1. The van der Waals surface area contributed by atoms with Crippen molar-refractivity contribution in [2.75, 3.05) is 0 Å². The first-order chi connectivity index (χ1) is 12.3. The number of aromatic hydroxyl groups is 1. The number of nitrogens with zero attached hydrogens (tertiary/aromatic N) is 2. The summed E-state index contributed by atoms with van der Waals surface area (Å²) in [6.07, 6.45) is 1.32. The second kappa shape index (κ2) is 6.59. The zero-order chi connectivity index (χ0) is 19.0. The second-order valence-corrected chi connectivity index (χ2v) is 6.71. The lowest BCUT2D eigenvalue weighted by atomic mass is 10.0. The van der Waals surface area contributed by atoms with E-state index in [1.54, 1.807) is 12.1 Å². The van der Waals surface area contributed by atoms with Gasteiger partial charge in [-0.1, -0.05) is 25.5 Å². The number of hydrogen-bond acceptors (Lipinski definition) is 5. The molecule has 2 aromatic heterocycles. The highest BCUT2D eigenvalue weighted by Gasteiger charge is 2.17. The summed E-state index contributed by atoms with van der Waals surface area (Å²) >= 11 is 0. The molecule has 0 fully saturated rings. The van der Waals surface area contributed by atoms with Crippen LogP contribution in [-0.2, 0) is 6.54 Å². The maximum atomic E-state index is 12.7. The topological polar surface area (TPSA) is 105 Å². The highest BCUT2D eigenvalue weighted by atomic mass is 16.3. The lowest BCUT2D eigenvalue weighted by Crippen LogP contribution is -2.32.